The molecule has 1 nitrogen and oxygen atoms in total. The average molecular weight is 405 g/mol. The van der Waals surface area contributed by atoms with E-state index in [0.29, 0.717) is 0 Å². The molecule has 0 saturated carbocycles. The van der Waals surface area contributed by atoms with Gasteiger partial charge < -0.3 is 4.74 Å². The van der Waals surface area contributed by atoms with Crippen LogP contribution in [0.2, 0.25) is 0 Å². The van der Waals surface area contributed by atoms with E-state index in [-0.39, 0.29) is 0 Å². The van der Waals surface area contributed by atoms with E-state index in [0.717, 1.165) is 16.9 Å². The predicted molar refractivity (Wildman–Crippen MR) is 127 cm³/mol. The molecule has 1 aliphatic heterocycles. The molecule has 0 amide bonds. The van der Waals surface area contributed by atoms with E-state index in [4.69, 9.17) is 4.74 Å². The van der Waals surface area contributed by atoms with Crippen molar-refractivity contribution >= 4 is 38.3 Å². The van der Waals surface area contributed by atoms with Gasteiger partial charge in [-0.2, -0.15) is 0 Å². The van der Waals surface area contributed by atoms with Crippen LogP contribution in [0.15, 0.2) is 97.1 Å². The van der Waals surface area contributed by atoms with Gasteiger partial charge in [0.2, 0.25) is 0 Å². The molecule has 6 rings (SSSR count). The van der Waals surface area contributed by atoms with Crippen LogP contribution in [0.4, 0.5) is 0 Å². The summed E-state index contributed by atoms with van der Waals surface area (Å²) in [4.78, 5) is 1.24. The molecule has 0 N–H and O–H groups in total. The molecule has 1 unspecified atom stereocenters. The molecule has 0 fully saturated rings. The monoisotopic (exact) mass is 404 g/mol. The summed E-state index contributed by atoms with van der Waals surface area (Å²) in [6.45, 7) is 2.21. The highest BCUT2D eigenvalue weighted by atomic mass is 32.1. The summed E-state index contributed by atoms with van der Waals surface area (Å²) < 4.78 is 8.23. The number of thiophene rings is 1. The topological polar surface area (TPSA) is 9.23 Å². The van der Waals surface area contributed by atoms with Gasteiger partial charge in [-0.15, -0.1) is 11.3 Å². The zero-order chi connectivity index (χ0) is 20.1. The summed E-state index contributed by atoms with van der Waals surface area (Å²) in [6, 6.07) is 31.9. The number of rotatable bonds is 2. The first kappa shape index (κ1) is 17.5. The van der Waals surface area contributed by atoms with Crippen LogP contribution >= 0.6 is 11.3 Å². The third-order valence-electron chi connectivity index (χ3n) is 6.07. The van der Waals surface area contributed by atoms with Crippen molar-refractivity contribution in [1.29, 1.82) is 0 Å². The van der Waals surface area contributed by atoms with Crippen molar-refractivity contribution in [3.8, 4) is 5.75 Å². The minimum Gasteiger partial charge on any atom is -0.472 e. The molecule has 1 atom stereocenters. The third-order valence-corrected chi connectivity index (χ3v) is 7.46. The van der Waals surface area contributed by atoms with E-state index in [1.807, 2.05) is 11.3 Å². The Morgan fingerprint density at radius 2 is 1.47 bits per heavy atom. The third kappa shape index (κ3) is 2.47. The van der Waals surface area contributed by atoms with Gasteiger partial charge in [-0.25, -0.2) is 0 Å². The fourth-order valence-electron chi connectivity index (χ4n) is 4.57. The summed E-state index contributed by atoms with van der Waals surface area (Å²) in [7, 11) is 0. The summed E-state index contributed by atoms with van der Waals surface area (Å²) in [6.07, 6.45) is 4.49. The number of hydrogen-bond donors (Lipinski definition) is 0. The van der Waals surface area contributed by atoms with Gasteiger partial charge in [0.15, 0.2) is 5.60 Å². The van der Waals surface area contributed by atoms with Crippen molar-refractivity contribution in [1.82, 2.24) is 0 Å². The lowest BCUT2D eigenvalue weighted by Crippen LogP contribution is -2.34. The molecule has 1 aromatic heterocycles. The second-order valence-electron chi connectivity index (χ2n) is 7.79. The first-order valence-electron chi connectivity index (χ1n) is 10.2. The van der Waals surface area contributed by atoms with E-state index in [9.17, 15) is 0 Å². The molecular weight excluding hydrogens is 384 g/mol. The van der Waals surface area contributed by atoms with Crippen LogP contribution in [0, 0.1) is 6.92 Å². The molecule has 0 saturated heterocycles. The van der Waals surface area contributed by atoms with Crippen LogP contribution in [-0.2, 0) is 5.60 Å². The Labute approximate surface area is 179 Å². The van der Waals surface area contributed by atoms with Gasteiger partial charge in [-0.3, -0.25) is 0 Å². The second-order valence-corrected chi connectivity index (χ2v) is 8.84. The number of fused-ring (bicyclic) bond motifs is 4. The second kappa shape index (κ2) is 6.58. The Morgan fingerprint density at radius 3 is 2.30 bits per heavy atom. The van der Waals surface area contributed by atoms with Crippen molar-refractivity contribution < 1.29 is 4.74 Å². The maximum atomic E-state index is 6.93. The molecule has 2 heterocycles. The molecule has 5 aromatic rings. The fraction of sp³-hybridized carbons (Fsp3) is 0.0714. The molecule has 0 aliphatic carbocycles. The SMILES string of the molecule is Cc1c(C2(c3ccccc3)C=Cc3c(ccc4ccccc34)O2)sc2ccccc12. The molecule has 1 aliphatic rings. The van der Waals surface area contributed by atoms with E-state index < -0.39 is 5.60 Å². The van der Waals surface area contributed by atoms with Gasteiger partial charge in [-0.1, -0.05) is 78.9 Å². The average Bonchev–Trinajstić information content (AvgIpc) is 3.16. The molecule has 2 heteroatoms. The zero-order valence-electron chi connectivity index (χ0n) is 16.6. The number of hydrogen-bond acceptors (Lipinski definition) is 2. The van der Waals surface area contributed by atoms with E-state index in [2.05, 4.69) is 110 Å². The molecule has 0 spiro atoms. The first-order chi connectivity index (χ1) is 14.8. The summed E-state index contributed by atoms with van der Waals surface area (Å²) >= 11 is 1.83. The molecule has 30 heavy (non-hydrogen) atoms. The van der Waals surface area contributed by atoms with Crippen LogP contribution in [-0.4, -0.2) is 0 Å². The van der Waals surface area contributed by atoms with Crippen molar-refractivity contribution in [2.75, 3.05) is 0 Å². The van der Waals surface area contributed by atoms with Gasteiger partial charge in [0.25, 0.3) is 0 Å². The van der Waals surface area contributed by atoms with Crippen LogP contribution in [0.5, 0.6) is 5.75 Å². The number of benzene rings is 4. The Morgan fingerprint density at radius 1 is 0.733 bits per heavy atom. The summed E-state index contributed by atoms with van der Waals surface area (Å²) in [5.74, 6) is 0.928. The normalized spacial score (nSPS) is 17.8. The molecular formula is C28H20OS. The Hall–Kier alpha value is -3.36. The van der Waals surface area contributed by atoms with E-state index in [1.54, 1.807) is 0 Å². The van der Waals surface area contributed by atoms with Gasteiger partial charge >= 0.3 is 0 Å². The van der Waals surface area contributed by atoms with Crippen molar-refractivity contribution in [2.24, 2.45) is 0 Å². The standard InChI is InChI=1S/C28H20OS/c1-19-22-12-7-8-14-26(22)30-27(19)28(21-10-3-2-4-11-21)18-17-24-23-13-6-5-9-20(23)15-16-25(24)29-28/h2-18H,1H3. The highest BCUT2D eigenvalue weighted by molar-refractivity contribution is 7.19. The van der Waals surface area contributed by atoms with E-state index >= 15 is 0 Å². The largest absolute Gasteiger partial charge is 0.472 e. The van der Waals surface area contributed by atoms with Crippen molar-refractivity contribution in [3.63, 3.8) is 0 Å². The Bertz CT molecular complexity index is 1430. The van der Waals surface area contributed by atoms with Gasteiger partial charge in [0, 0.05) is 15.8 Å². The van der Waals surface area contributed by atoms with Crippen molar-refractivity contribution in [3.05, 3.63) is 119 Å². The smallest absolute Gasteiger partial charge is 0.187 e. The van der Waals surface area contributed by atoms with Crippen LogP contribution < -0.4 is 4.74 Å². The summed E-state index contributed by atoms with van der Waals surface area (Å²) in [5.41, 5.74) is 2.95. The van der Waals surface area contributed by atoms with Crippen LogP contribution in [0.25, 0.3) is 26.9 Å². The lowest BCUT2D eigenvalue weighted by atomic mass is 9.86. The maximum absolute atomic E-state index is 6.93. The summed E-state index contributed by atoms with van der Waals surface area (Å²) in [5, 5.41) is 3.75. The fourth-order valence-corrected chi connectivity index (χ4v) is 5.91. The highest BCUT2D eigenvalue weighted by Crippen LogP contribution is 2.48. The quantitative estimate of drug-likeness (QED) is 0.293. The molecule has 4 aromatic carbocycles. The van der Waals surface area contributed by atoms with Crippen LogP contribution in [0.3, 0.4) is 0 Å². The maximum Gasteiger partial charge on any atom is 0.187 e. The Kier molecular flexibility index (Phi) is 3.84. The van der Waals surface area contributed by atoms with Crippen LogP contribution in [0.1, 0.15) is 21.6 Å². The molecule has 0 radical (unpaired) electrons. The van der Waals surface area contributed by atoms with Gasteiger partial charge in [-0.05, 0) is 52.9 Å². The van der Waals surface area contributed by atoms with E-state index in [1.165, 1.54) is 31.3 Å². The Balaban J connectivity index is 1.63. The minimum absolute atomic E-state index is 0.634. The number of ether oxygens (including phenoxy) is 1. The molecule has 0 bridgehead atoms. The van der Waals surface area contributed by atoms with Gasteiger partial charge in [0.1, 0.15) is 5.75 Å². The van der Waals surface area contributed by atoms with Crippen molar-refractivity contribution in [2.45, 2.75) is 12.5 Å². The molecule has 144 valence electrons. The lowest BCUT2D eigenvalue weighted by molar-refractivity contribution is 0.165. The lowest BCUT2D eigenvalue weighted by Gasteiger charge is -2.36. The predicted octanol–water partition coefficient (Wildman–Crippen LogP) is 7.71. The minimum atomic E-state index is -0.634. The zero-order valence-corrected chi connectivity index (χ0v) is 17.4. The van der Waals surface area contributed by atoms with Gasteiger partial charge in [0.05, 0.1) is 4.88 Å². The number of aryl methyl sites for hydroxylation is 1. The first-order valence-corrected chi connectivity index (χ1v) is 11.0. The highest BCUT2D eigenvalue weighted by Gasteiger charge is 2.40.